The van der Waals surface area contributed by atoms with Crippen molar-refractivity contribution in [2.24, 2.45) is 5.92 Å². The van der Waals surface area contributed by atoms with Crippen LogP contribution in [0.4, 0.5) is 16.5 Å². The van der Waals surface area contributed by atoms with Crippen molar-refractivity contribution in [3.8, 4) is 0 Å². The molecular weight excluding hydrogens is 436 g/mol. The lowest BCUT2D eigenvalue weighted by Crippen LogP contribution is -2.19. The number of carboxylic acids is 1. The van der Waals surface area contributed by atoms with Crippen molar-refractivity contribution in [3.05, 3.63) is 70.2 Å². The van der Waals surface area contributed by atoms with Gasteiger partial charge in [0, 0.05) is 12.6 Å². The van der Waals surface area contributed by atoms with Gasteiger partial charge in [-0.2, -0.15) is 0 Å². The summed E-state index contributed by atoms with van der Waals surface area (Å²) in [6.45, 7) is 5.00. The van der Waals surface area contributed by atoms with E-state index in [9.17, 15) is 14.7 Å². The third kappa shape index (κ3) is 5.70. The van der Waals surface area contributed by atoms with Gasteiger partial charge in [-0.05, 0) is 54.5 Å². The van der Waals surface area contributed by atoms with Gasteiger partial charge in [-0.1, -0.05) is 49.4 Å². The van der Waals surface area contributed by atoms with Crippen LogP contribution in [0, 0.1) is 5.92 Å². The van der Waals surface area contributed by atoms with E-state index in [2.05, 4.69) is 59.0 Å². The van der Waals surface area contributed by atoms with Gasteiger partial charge in [0.1, 0.15) is 4.88 Å². The predicted molar refractivity (Wildman–Crippen MR) is 133 cm³/mol. The molecule has 7 nitrogen and oxygen atoms in total. The Morgan fingerprint density at radius 1 is 1.12 bits per heavy atom. The molecule has 1 aliphatic rings. The highest BCUT2D eigenvalue weighted by atomic mass is 32.1. The number of nitrogens with one attached hydrogen (secondary N) is 3. The molecular formula is C25H28N4O3S. The number of carbonyl (C=O) groups excluding carboxylic acids is 1. The second-order valence-corrected chi connectivity index (χ2v) is 9.71. The molecule has 8 heteroatoms. The Morgan fingerprint density at radius 3 is 2.52 bits per heavy atom. The molecule has 33 heavy (non-hydrogen) atoms. The summed E-state index contributed by atoms with van der Waals surface area (Å²) < 4.78 is 0. The Bertz CT molecular complexity index is 1130. The molecule has 0 fully saturated rings. The maximum atomic E-state index is 12.9. The third-order valence-electron chi connectivity index (χ3n) is 5.66. The van der Waals surface area contributed by atoms with E-state index in [1.807, 2.05) is 0 Å². The van der Waals surface area contributed by atoms with Crippen molar-refractivity contribution >= 4 is 39.7 Å². The first-order valence-electron chi connectivity index (χ1n) is 11.1. The molecule has 0 bridgehead atoms. The van der Waals surface area contributed by atoms with E-state index in [4.69, 9.17) is 0 Å². The lowest BCUT2D eigenvalue weighted by molar-refractivity contribution is 0.0696. The van der Waals surface area contributed by atoms with Gasteiger partial charge in [-0.15, -0.1) is 0 Å². The average molecular weight is 465 g/mol. The van der Waals surface area contributed by atoms with Crippen LogP contribution in [-0.4, -0.2) is 34.6 Å². The number of fused-ring (bicyclic) bond motifs is 1. The van der Waals surface area contributed by atoms with E-state index in [1.165, 1.54) is 34.6 Å². The molecule has 0 unspecified atom stereocenters. The van der Waals surface area contributed by atoms with Crippen LogP contribution >= 0.6 is 11.3 Å². The zero-order valence-corrected chi connectivity index (χ0v) is 19.5. The Kier molecular flexibility index (Phi) is 6.93. The number of amides is 1. The quantitative estimate of drug-likeness (QED) is 0.350. The summed E-state index contributed by atoms with van der Waals surface area (Å²) in [5.41, 5.74) is 3.95. The second kappa shape index (κ2) is 10.0. The Labute approximate surface area is 197 Å². The van der Waals surface area contributed by atoms with Crippen molar-refractivity contribution in [1.29, 1.82) is 0 Å². The molecule has 0 saturated carbocycles. The first-order valence-corrected chi connectivity index (χ1v) is 11.9. The van der Waals surface area contributed by atoms with Gasteiger partial charge in [0.15, 0.2) is 5.13 Å². The fraction of sp³-hybridized carbons (Fsp3) is 0.320. The average Bonchev–Trinajstić information content (AvgIpc) is 3.41. The highest BCUT2D eigenvalue weighted by Gasteiger charge is 2.22. The number of anilines is 3. The molecule has 4 rings (SSSR count). The number of hydrogen-bond acceptors (Lipinski definition) is 6. The van der Waals surface area contributed by atoms with Gasteiger partial charge < -0.3 is 21.1 Å². The molecule has 1 aromatic heterocycles. The number of nitrogens with zero attached hydrogens (tertiary/aromatic N) is 1. The standard InChI is InChI=1S/C25H28N4O3S/c1-15(2)9-10-26-20-8-7-18(24(31)32)13-21(20)29-23(30)22-14-27-25(33-22)28-19-11-16-5-3-4-6-17(16)12-19/h3-8,13-15,19,26H,9-12H2,1-2H3,(H,27,28)(H,29,30)(H,31,32). The fourth-order valence-electron chi connectivity index (χ4n) is 3.90. The summed E-state index contributed by atoms with van der Waals surface area (Å²) in [5, 5.41) is 19.7. The molecule has 1 amide bonds. The molecule has 0 spiro atoms. The predicted octanol–water partition coefficient (Wildman–Crippen LogP) is 5.13. The van der Waals surface area contributed by atoms with Crippen LogP contribution in [-0.2, 0) is 12.8 Å². The van der Waals surface area contributed by atoms with E-state index in [0.29, 0.717) is 27.3 Å². The number of carboxylic acid groups (broad SMARTS) is 1. The second-order valence-electron chi connectivity index (χ2n) is 8.68. The van der Waals surface area contributed by atoms with Crippen LogP contribution in [0.3, 0.4) is 0 Å². The highest BCUT2D eigenvalue weighted by molar-refractivity contribution is 7.17. The van der Waals surface area contributed by atoms with Crippen LogP contribution < -0.4 is 16.0 Å². The summed E-state index contributed by atoms with van der Waals surface area (Å²) in [5.74, 6) is -0.824. The summed E-state index contributed by atoms with van der Waals surface area (Å²) in [4.78, 5) is 29.2. The largest absolute Gasteiger partial charge is 0.478 e. The maximum absolute atomic E-state index is 12.9. The number of carbonyl (C=O) groups is 2. The van der Waals surface area contributed by atoms with E-state index in [0.717, 1.165) is 25.8 Å². The summed E-state index contributed by atoms with van der Waals surface area (Å²) in [7, 11) is 0. The topological polar surface area (TPSA) is 103 Å². The smallest absolute Gasteiger partial charge is 0.335 e. The number of aromatic nitrogens is 1. The van der Waals surface area contributed by atoms with Gasteiger partial charge in [-0.3, -0.25) is 4.79 Å². The zero-order chi connectivity index (χ0) is 23.4. The molecule has 0 saturated heterocycles. The summed E-state index contributed by atoms with van der Waals surface area (Å²) in [6, 6.07) is 13.4. The van der Waals surface area contributed by atoms with E-state index in [1.54, 1.807) is 12.3 Å². The number of hydrogen-bond donors (Lipinski definition) is 4. The molecule has 1 aliphatic carbocycles. The molecule has 0 aliphatic heterocycles. The lowest BCUT2D eigenvalue weighted by atomic mass is 10.1. The highest BCUT2D eigenvalue weighted by Crippen LogP contribution is 2.28. The van der Waals surface area contributed by atoms with E-state index >= 15 is 0 Å². The van der Waals surface area contributed by atoms with Crippen LogP contribution in [0.2, 0.25) is 0 Å². The van der Waals surface area contributed by atoms with Crippen LogP contribution in [0.15, 0.2) is 48.7 Å². The van der Waals surface area contributed by atoms with Crippen molar-refractivity contribution in [1.82, 2.24) is 4.98 Å². The number of rotatable bonds is 9. The molecule has 2 aromatic carbocycles. The van der Waals surface area contributed by atoms with E-state index in [-0.39, 0.29) is 17.5 Å². The minimum Gasteiger partial charge on any atom is -0.478 e. The van der Waals surface area contributed by atoms with Gasteiger partial charge in [0.05, 0.1) is 23.1 Å². The van der Waals surface area contributed by atoms with Crippen molar-refractivity contribution in [2.75, 3.05) is 22.5 Å². The number of thiazole rings is 1. The third-order valence-corrected chi connectivity index (χ3v) is 6.59. The minimum atomic E-state index is -1.04. The van der Waals surface area contributed by atoms with Crippen LogP contribution in [0.1, 0.15) is 51.4 Å². The van der Waals surface area contributed by atoms with Gasteiger partial charge in [-0.25, -0.2) is 9.78 Å². The molecule has 4 N–H and O–H groups in total. The van der Waals surface area contributed by atoms with Crippen molar-refractivity contribution < 1.29 is 14.7 Å². The maximum Gasteiger partial charge on any atom is 0.335 e. The Hall–Kier alpha value is -3.39. The van der Waals surface area contributed by atoms with Gasteiger partial charge >= 0.3 is 5.97 Å². The normalized spacial score (nSPS) is 13.1. The van der Waals surface area contributed by atoms with Crippen molar-refractivity contribution in [2.45, 2.75) is 39.2 Å². The minimum absolute atomic E-state index is 0.118. The summed E-state index contributed by atoms with van der Waals surface area (Å²) >= 11 is 1.29. The van der Waals surface area contributed by atoms with Gasteiger partial charge in [0.25, 0.3) is 5.91 Å². The Morgan fingerprint density at radius 2 is 1.85 bits per heavy atom. The molecule has 3 aromatic rings. The first-order chi connectivity index (χ1) is 15.9. The molecule has 1 heterocycles. The number of benzene rings is 2. The molecule has 0 atom stereocenters. The van der Waals surface area contributed by atoms with Crippen LogP contribution in [0.25, 0.3) is 0 Å². The monoisotopic (exact) mass is 464 g/mol. The lowest BCUT2D eigenvalue weighted by Gasteiger charge is -2.14. The van der Waals surface area contributed by atoms with Gasteiger partial charge in [0.2, 0.25) is 0 Å². The first kappa shape index (κ1) is 22.8. The number of aromatic carboxylic acids is 1. The summed E-state index contributed by atoms with van der Waals surface area (Å²) in [6.07, 6.45) is 4.38. The fourth-order valence-corrected chi connectivity index (χ4v) is 4.68. The van der Waals surface area contributed by atoms with Crippen molar-refractivity contribution in [3.63, 3.8) is 0 Å². The Balaban J connectivity index is 1.43. The molecule has 172 valence electrons. The van der Waals surface area contributed by atoms with Crippen LogP contribution in [0.5, 0.6) is 0 Å². The molecule has 0 radical (unpaired) electrons. The SMILES string of the molecule is CC(C)CCNc1ccc(C(=O)O)cc1NC(=O)c1cnc(NC2Cc3ccccc3C2)s1. The zero-order valence-electron chi connectivity index (χ0n) is 18.7. The van der Waals surface area contributed by atoms with E-state index < -0.39 is 5.97 Å².